The van der Waals surface area contributed by atoms with Crippen molar-refractivity contribution in [3.63, 3.8) is 0 Å². The van der Waals surface area contributed by atoms with Crippen molar-refractivity contribution in [3.8, 4) is 0 Å². The third-order valence-electron chi connectivity index (χ3n) is 4.79. The minimum atomic E-state index is -0.879. The molecule has 0 radical (unpaired) electrons. The van der Waals surface area contributed by atoms with Gasteiger partial charge in [0.15, 0.2) is 0 Å². The van der Waals surface area contributed by atoms with Crippen molar-refractivity contribution in [1.82, 2.24) is 0 Å². The molecule has 0 aliphatic carbocycles. The van der Waals surface area contributed by atoms with Crippen molar-refractivity contribution in [2.45, 2.75) is 33.1 Å². The van der Waals surface area contributed by atoms with Gasteiger partial charge in [-0.25, -0.2) is 4.79 Å². The van der Waals surface area contributed by atoms with Crippen molar-refractivity contribution in [1.29, 1.82) is 0 Å². The molecule has 3 nitrogen and oxygen atoms in total. The number of carbonyl (C=O) groups is 1. The summed E-state index contributed by atoms with van der Waals surface area (Å²) in [6, 6.07) is 12.9. The first-order valence-electron chi connectivity index (χ1n) is 7.99. The quantitative estimate of drug-likeness (QED) is 0.809. The molecule has 0 amide bonds. The lowest BCUT2D eigenvalue weighted by Crippen LogP contribution is -2.21. The van der Waals surface area contributed by atoms with Gasteiger partial charge in [0.25, 0.3) is 0 Å². The number of benzene rings is 2. The van der Waals surface area contributed by atoms with Gasteiger partial charge in [0, 0.05) is 23.8 Å². The summed E-state index contributed by atoms with van der Waals surface area (Å²) in [6.45, 7) is 13.0. The Bertz CT molecular complexity index is 776. The van der Waals surface area contributed by atoms with Gasteiger partial charge in [-0.2, -0.15) is 0 Å². The highest BCUT2D eigenvalue weighted by Gasteiger charge is 2.37. The number of anilines is 1. The fourth-order valence-corrected chi connectivity index (χ4v) is 2.88. The third kappa shape index (κ3) is 3.21. The van der Waals surface area contributed by atoms with Crippen LogP contribution in [0.2, 0.25) is 0 Å². The topological polar surface area (TPSA) is 40.5 Å². The number of rotatable bonds is 1. The largest absolute Gasteiger partial charge is 0.478 e. The van der Waals surface area contributed by atoms with E-state index in [1.165, 1.54) is 28.1 Å². The second-order valence-electron chi connectivity index (χ2n) is 6.76. The standard InChI is InChI=1S/C14H19N.C7H6O2/c1-9-7-12-13(8-10(9)2)15(6)11(3)14(12,4)5;8-7(9)6-4-2-1-3-5-6/h7-8H,3H2,1-2,4-6H3;1-5H,(H,8,9). The highest BCUT2D eigenvalue weighted by Crippen LogP contribution is 2.46. The minimum Gasteiger partial charge on any atom is -0.478 e. The van der Waals surface area contributed by atoms with E-state index in [2.05, 4.69) is 58.4 Å². The van der Waals surface area contributed by atoms with E-state index in [4.69, 9.17) is 5.11 Å². The lowest BCUT2D eigenvalue weighted by atomic mass is 9.83. The Labute approximate surface area is 144 Å². The molecule has 0 atom stereocenters. The maximum atomic E-state index is 10.2. The molecule has 0 fully saturated rings. The molecule has 3 rings (SSSR count). The Morgan fingerprint density at radius 3 is 2.12 bits per heavy atom. The van der Waals surface area contributed by atoms with Crippen LogP contribution in [0.1, 0.15) is 40.9 Å². The Morgan fingerprint density at radius 1 is 1.08 bits per heavy atom. The summed E-state index contributed by atoms with van der Waals surface area (Å²) in [7, 11) is 2.10. The van der Waals surface area contributed by atoms with E-state index < -0.39 is 5.97 Å². The molecule has 0 saturated carbocycles. The highest BCUT2D eigenvalue weighted by atomic mass is 16.4. The van der Waals surface area contributed by atoms with Crippen LogP contribution >= 0.6 is 0 Å². The molecule has 3 heteroatoms. The van der Waals surface area contributed by atoms with Crippen molar-refractivity contribution >= 4 is 11.7 Å². The van der Waals surface area contributed by atoms with Gasteiger partial charge >= 0.3 is 5.97 Å². The van der Waals surface area contributed by atoms with Gasteiger partial charge in [0.1, 0.15) is 0 Å². The number of carboxylic acid groups (broad SMARTS) is 1. The molecular formula is C21H25NO2. The summed E-state index contributed by atoms with van der Waals surface area (Å²) in [6.07, 6.45) is 0. The van der Waals surface area contributed by atoms with Gasteiger partial charge in [0.05, 0.1) is 5.56 Å². The van der Waals surface area contributed by atoms with Crippen LogP contribution in [0.3, 0.4) is 0 Å². The molecule has 0 saturated heterocycles. The van der Waals surface area contributed by atoms with E-state index in [9.17, 15) is 4.79 Å². The summed E-state index contributed by atoms with van der Waals surface area (Å²) in [4.78, 5) is 12.4. The average molecular weight is 323 g/mol. The van der Waals surface area contributed by atoms with Crippen molar-refractivity contribution in [2.75, 3.05) is 11.9 Å². The molecule has 1 aliphatic rings. The minimum absolute atomic E-state index is 0.0720. The van der Waals surface area contributed by atoms with Crippen LogP contribution in [0.15, 0.2) is 54.7 Å². The first-order chi connectivity index (χ1) is 11.2. The number of aromatic carboxylic acids is 1. The van der Waals surface area contributed by atoms with Crippen molar-refractivity contribution in [3.05, 3.63) is 77.0 Å². The zero-order valence-electron chi connectivity index (χ0n) is 15.1. The van der Waals surface area contributed by atoms with Crippen LogP contribution < -0.4 is 4.90 Å². The first kappa shape index (κ1) is 17.8. The normalized spacial score (nSPS) is 14.7. The van der Waals surface area contributed by atoms with E-state index >= 15 is 0 Å². The van der Waals surface area contributed by atoms with Gasteiger partial charge < -0.3 is 10.0 Å². The van der Waals surface area contributed by atoms with Gasteiger partial charge in [-0.05, 0) is 48.7 Å². The molecule has 0 bridgehead atoms. The molecule has 0 aromatic heterocycles. The summed E-state index contributed by atoms with van der Waals surface area (Å²) in [5, 5.41) is 8.38. The van der Waals surface area contributed by atoms with E-state index in [1.807, 2.05) is 0 Å². The Morgan fingerprint density at radius 2 is 1.62 bits per heavy atom. The van der Waals surface area contributed by atoms with Crippen LogP contribution in [0, 0.1) is 13.8 Å². The Hall–Kier alpha value is -2.55. The number of likely N-dealkylation sites (N-methyl/N-ethyl adjacent to an activating group) is 1. The van der Waals surface area contributed by atoms with Gasteiger partial charge in [-0.3, -0.25) is 0 Å². The number of hydrogen-bond acceptors (Lipinski definition) is 2. The Balaban J connectivity index is 0.000000198. The zero-order valence-corrected chi connectivity index (χ0v) is 15.1. The fourth-order valence-electron chi connectivity index (χ4n) is 2.88. The summed E-state index contributed by atoms with van der Waals surface area (Å²) >= 11 is 0. The lowest BCUT2D eigenvalue weighted by Gasteiger charge is -2.22. The smallest absolute Gasteiger partial charge is 0.335 e. The summed E-state index contributed by atoms with van der Waals surface area (Å²) < 4.78 is 0. The molecular weight excluding hydrogens is 298 g/mol. The van der Waals surface area contributed by atoms with Gasteiger partial charge in [-0.15, -0.1) is 0 Å². The maximum absolute atomic E-state index is 10.2. The van der Waals surface area contributed by atoms with E-state index in [0.29, 0.717) is 5.56 Å². The molecule has 0 unspecified atom stereocenters. The predicted octanol–water partition coefficient (Wildman–Crippen LogP) is 4.93. The molecule has 2 aromatic rings. The summed E-state index contributed by atoms with van der Waals surface area (Å²) in [5.41, 5.74) is 7.02. The maximum Gasteiger partial charge on any atom is 0.335 e. The molecule has 2 aromatic carbocycles. The van der Waals surface area contributed by atoms with Crippen LogP contribution in [-0.4, -0.2) is 18.1 Å². The van der Waals surface area contributed by atoms with Gasteiger partial charge in [0.2, 0.25) is 0 Å². The highest BCUT2D eigenvalue weighted by molar-refractivity contribution is 5.87. The zero-order chi connectivity index (χ0) is 18.1. The van der Waals surface area contributed by atoms with Crippen LogP contribution in [0.4, 0.5) is 5.69 Å². The lowest BCUT2D eigenvalue weighted by molar-refractivity contribution is 0.0697. The van der Waals surface area contributed by atoms with Crippen LogP contribution in [0.25, 0.3) is 0 Å². The summed E-state index contributed by atoms with van der Waals surface area (Å²) in [5.74, 6) is -0.879. The molecule has 1 heterocycles. The molecule has 1 aliphatic heterocycles. The molecule has 1 N–H and O–H groups in total. The van der Waals surface area contributed by atoms with Crippen molar-refractivity contribution < 1.29 is 9.90 Å². The average Bonchev–Trinajstić information content (AvgIpc) is 2.71. The van der Waals surface area contributed by atoms with E-state index in [-0.39, 0.29) is 5.41 Å². The van der Waals surface area contributed by atoms with Crippen molar-refractivity contribution in [2.24, 2.45) is 0 Å². The monoisotopic (exact) mass is 323 g/mol. The number of nitrogens with zero attached hydrogens (tertiary/aromatic N) is 1. The number of carboxylic acids is 1. The molecule has 24 heavy (non-hydrogen) atoms. The van der Waals surface area contributed by atoms with Gasteiger partial charge in [-0.1, -0.05) is 44.7 Å². The molecule has 0 spiro atoms. The van der Waals surface area contributed by atoms with Crippen LogP contribution in [-0.2, 0) is 5.41 Å². The third-order valence-corrected chi connectivity index (χ3v) is 4.79. The number of fused-ring (bicyclic) bond motifs is 1. The fraction of sp³-hybridized carbons (Fsp3) is 0.286. The second kappa shape index (κ2) is 6.52. The number of aryl methyl sites for hydroxylation is 2. The SMILES string of the molecule is C=C1N(C)c2cc(C)c(C)cc2C1(C)C.O=C(O)c1ccccc1. The number of hydrogen-bond donors (Lipinski definition) is 1. The van der Waals surface area contributed by atoms with E-state index in [0.717, 1.165) is 0 Å². The van der Waals surface area contributed by atoms with Crippen LogP contribution in [0.5, 0.6) is 0 Å². The predicted molar refractivity (Wildman–Crippen MR) is 99.9 cm³/mol. The second-order valence-corrected chi connectivity index (χ2v) is 6.76. The molecule has 126 valence electrons. The van der Waals surface area contributed by atoms with E-state index in [1.54, 1.807) is 30.3 Å². The Kier molecular flexibility index (Phi) is 4.83. The first-order valence-corrected chi connectivity index (χ1v) is 7.99. The number of allylic oxidation sites excluding steroid dienone is 1.